The summed E-state index contributed by atoms with van der Waals surface area (Å²) < 4.78 is 1.90. The van der Waals surface area contributed by atoms with Gasteiger partial charge in [-0.05, 0) is 43.0 Å². The third kappa shape index (κ3) is 4.77. The minimum atomic E-state index is -0.0206. The minimum Gasteiger partial charge on any atom is -0.320 e. The predicted molar refractivity (Wildman–Crippen MR) is 100 cm³/mol. The summed E-state index contributed by atoms with van der Waals surface area (Å²) >= 11 is 0. The molecule has 3 nitrogen and oxygen atoms in total. The van der Waals surface area contributed by atoms with Gasteiger partial charge in [-0.15, -0.1) is 0 Å². The lowest BCUT2D eigenvalue weighted by molar-refractivity contribution is -0.684. The maximum absolute atomic E-state index is 12.3. The zero-order chi connectivity index (χ0) is 17.6. The van der Waals surface area contributed by atoms with Crippen LogP contribution in [-0.2, 0) is 17.8 Å². The summed E-state index contributed by atoms with van der Waals surface area (Å²) in [6, 6.07) is 20.5. The lowest BCUT2D eigenvalue weighted by atomic mass is 10.1. The van der Waals surface area contributed by atoms with Crippen LogP contribution in [0, 0.1) is 13.8 Å². The lowest BCUT2D eigenvalue weighted by Crippen LogP contribution is -2.39. The van der Waals surface area contributed by atoms with E-state index in [-0.39, 0.29) is 5.91 Å². The first-order valence-corrected chi connectivity index (χ1v) is 8.49. The van der Waals surface area contributed by atoms with Crippen LogP contribution in [0.1, 0.15) is 22.3 Å². The van der Waals surface area contributed by atoms with E-state index >= 15 is 0 Å². The highest BCUT2D eigenvalue weighted by Crippen LogP contribution is 2.15. The molecule has 1 amide bonds. The number of pyridine rings is 1. The molecule has 0 unspecified atom stereocenters. The largest absolute Gasteiger partial charge is 0.320 e. The van der Waals surface area contributed by atoms with Gasteiger partial charge in [0.15, 0.2) is 12.4 Å². The van der Waals surface area contributed by atoms with Gasteiger partial charge in [-0.3, -0.25) is 4.79 Å². The number of carbonyl (C=O) groups is 1. The van der Waals surface area contributed by atoms with Gasteiger partial charge in [0, 0.05) is 17.8 Å². The second-order valence-corrected chi connectivity index (χ2v) is 6.41. The van der Waals surface area contributed by atoms with Gasteiger partial charge in [0.05, 0.1) is 0 Å². The molecule has 25 heavy (non-hydrogen) atoms. The first-order chi connectivity index (χ1) is 12.1. The zero-order valence-corrected chi connectivity index (χ0v) is 14.7. The maximum atomic E-state index is 12.3. The number of rotatable bonds is 5. The average Bonchev–Trinajstić information content (AvgIpc) is 2.60. The molecule has 0 saturated carbocycles. The van der Waals surface area contributed by atoms with Gasteiger partial charge in [-0.1, -0.05) is 48.0 Å². The number of benzene rings is 2. The van der Waals surface area contributed by atoms with Crippen LogP contribution in [0.25, 0.3) is 0 Å². The molecule has 1 heterocycles. The van der Waals surface area contributed by atoms with Crippen LogP contribution in [0.2, 0.25) is 0 Å². The summed E-state index contributed by atoms with van der Waals surface area (Å²) in [5, 5.41) is 2.98. The normalized spacial score (nSPS) is 10.5. The quantitative estimate of drug-likeness (QED) is 0.708. The van der Waals surface area contributed by atoms with Crippen molar-refractivity contribution < 1.29 is 9.36 Å². The number of aryl methyl sites for hydroxylation is 2. The Morgan fingerprint density at radius 2 is 1.60 bits per heavy atom. The summed E-state index contributed by atoms with van der Waals surface area (Å²) in [7, 11) is 0. The van der Waals surface area contributed by atoms with Gasteiger partial charge >= 0.3 is 0 Å². The first-order valence-electron chi connectivity index (χ1n) is 8.49. The third-order valence-electron chi connectivity index (χ3n) is 4.19. The molecule has 2 aromatic carbocycles. The number of carbonyl (C=O) groups excluding carboxylic acids is 1. The van der Waals surface area contributed by atoms with Gasteiger partial charge in [0.1, 0.15) is 0 Å². The predicted octanol–water partition coefficient (Wildman–Crippen LogP) is 3.82. The summed E-state index contributed by atoms with van der Waals surface area (Å²) in [5.74, 6) is -0.0206. The molecule has 3 heteroatoms. The van der Waals surface area contributed by atoms with Crippen molar-refractivity contribution in [1.29, 1.82) is 0 Å². The molecule has 0 aliphatic carbocycles. The second-order valence-electron chi connectivity index (χ2n) is 6.41. The van der Waals surface area contributed by atoms with Crippen LogP contribution in [0.5, 0.6) is 0 Å². The van der Waals surface area contributed by atoms with Crippen molar-refractivity contribution in [3.8, 4) is 0 Å². The van der Waals surface area contributed by atoms with Gasteiger partial charge < -0.3 is 5.32 Å². The molecule has 3 aromatic rings. The van der Waals surface area contributed by atoms with E-state index in [0.29, 0.717) is 6.54 Å². The Hall–Kier alpha value is -2.94. The smallest absolute Gasteiger partial charge is 0.290 e. The number of amides is 1. The molecule has 1 N–H and O–H groups in total. The molecule has 0 bridgehead atoms. The van der Waals surface area contributed by atoms with Crippen LogP contribution in [-0.4, -0.2) is 5.91 Å². The van der Waals surface area contributed by atoms with Crippen molar-refractivity contribution in [1.82, 2.24) is 0 Å². The van der Waals surface area contributed by atoms with E-state index in [1.54, 1.807) is 0 Å². The Balaban J connectivity index is 1.60. The fourth-order valence-electron chi connectivity index (χ4n) is 2.85. The summed E-state index contributed by atoms with van der Waals surface area (Å²) in [6.45, 7) is 4.36. The fraction of sp³-hybridized carbons (Fsp3) is 0.182. The monoisotopic (exact) mass is 331 g/mol. The first kappa shape index (κ1) is 16.9. The molecule has 3 rings (SSSR count). The fourth-order valence-corrected chi connectivity index (χ4v) is 2.85. The Morgan fingerprint density at radius 1 is 0.920 bits per heavy atom. The standard InChI is InChI=1S/C22H22N2O/c1-17-8-9-21(18(2)14-17)23-22(25)16-24-12-10-20(11-13-24)15-19-6-4-3-5-7-19/h3-14H,15-16H2,1-2H3/p+1. The Bertz CT molecular complexity index is 855. The third-order valence-corrected chi connectivity index (χ3v) is 4.19. The topological polar surface area (TPSA) is 33.0 Å². The molecule has 0 fully saturated rings. The summed E-state index contributed by atoms with van der Waals surface area (Å²) in [5.41, 5.74) is 5.66. The highest BCUT2D eigenvalue weighted by atomic mass is 16.1. The van der Waals surface area contributed by atoms with Gasteiger partial charge in [-0.25, -0.2) is 0 Å². The second kappa shape index (κ2) is 7.75. The van der Waals surface area contributed by atoms with Gasteiger partial charge in [-0.2, -0.15) is 4.57 Å². The molecular formula is C22H23N2O+. The average molecular weight is 331 g/mol. The number of hydrogen-bond donors (Lipinski definition) is 1. The number of hydrogen-bond acceptors (Lipinski definition) is 1. The molecule has 0 aliphatic rings. The van der Waals surface area contributed by atoms with Crippen molar-refractivity contribution in [2.45, 2.75) is 26.8 Å². The van der Waals surface area contributed by atoms with Crippen LogP contribution in [0.15, 0.2) is 73.1 Å². The van der Waals surface area contributed by atoms with Crippen molar-refractivity contribution in [3.05, 3.63) is 95.3 Å². The minimum absolute atomic E-state index is 0.0206. The molecule has 0 atom stereocenters. The molecule has 0 saturated heterocycles. The summed E-state index contributed by atoms with van der Waals surface area (Å²) in [6.07, 6.45) is 4.82. The van der Waals surface area contributed by atoms with Gasteiger partial charge in [0.25, 0.3) is 5.91 Å². The number of nitrogens with one attached hydrogen (secondary N) is 1. The van der Waals surface area contributed by atoms with E-state index in [1.165, 1.54) is 16.7 Å². The maximum Gasteiger partial charge on any atom is 0.290 e. The SMILES string of the molecule is Cc1ccc(NC(=O)C[n+]2ccc(Cc3ccccc3)cc2)c(C)c1. The van der Waals surface area contributed by atoms with E-state index in [9.17, 15) is 4.79 Å². The van der Waals surface area contributed by atoms with E-state index < -0.39 is 0 Å². The van der Waals surface area contributed by atoms with Crippen LogP contribution < -0.4 is 9.88 Å². The number of aromatic nitrogens is 1. The molecule has 0 radical (unpaired) electrons. The van der Waals surface area contributed by atoms with Crippen molar-refractivity contribution in [2.24, 2.45) is 0 Å². The van der Waals surface area contributed by atoms with Crippen LogP contribution >= 0.6 is 0 Å². The zero-order valence-electron chi connectivity index (χ0n) is 14.7. The molecule has 1 aromatic heterocycles. The van der Waals surface area contributed by atoms with Crippen molar-refractivity contribution in [2.75, 3.05) is 5.32 Å². The lowest BCUT2D eigenvalue weighted by Gasteiger charge is -2.08. The Morgan fingerprint density at radius 3 is 2.28 bits per heavy atom. The van der Waals surface area contributed by atoms with E-state index in [2.05, 4.69) is 47.8 Å². The molecule has 126 valence electrons. The van der Waals surface area contributed by atoms with Crippen LogP contribution in [0.4, 0.5) is 5.69 Å². The van der Waals surface area contributed by atoms with E-state index in [1.807, 2.05) is 49.0 Å². The Kier molecular flexibility index (Phi) is 5.24. The van der Waals surface area contributed by atoms with Crippen molar-refractivity contribution >= 4 is 11.6 Å². The molecular weight excluding hydrogens is 308 g/mol. The molecule has 0 spiro atoms. The molecule has 0 aliphatic heterocycles. The highest BCUT2D eigenvalue weighted by molar-refractivity contribution is 5.90. The van der Waals surface area contributed by atoms with E-state index in [0.717, 1.165) is 17.7 Å². The number of anilines is 1. The Labute approximate surface area is 149 Å². The van der Waals surface area contributed by atoms with Crippen LogP contribution in [0.3, 0.4) is 0 Å². The highest BCUT2D eigenvalue weighted by Gasteiger charge is 2.11. The summed E-state index contributed by atoms with van der Waals surface area (Å²) in [4.78, 5) is 12.3. The number of nitrogens with zero attached hydrogens (tertiary/aromatic N) is 1. The van der Waals surface area contributed by atoms with Crippen molar-refractivity contribution in [3.63, 3.8) is 0 Å². The van der Waals surface area contributed by atoms with E-state index in [4.69, 9.17) is 0 Å². The van der Waals surface area contributed by atoms with Gasteiger partial charge in [0.2, 0.25) is 6.54 Å².